The minimum absolute atomic E-state index is 0.223. The molecule has 2 saturated carbocycles. The summed E-state index contributed by atoms with van der Waals surface area (Å²) in [5, 5.41) is 14.5. The lowest BCUT2D eigenvalue weighted by molar-refractivity contribution is -0.228. The first kappa shape index (κ1) is 38.8. The molecule has 2 saturated heterocycles. The molecule has 1 aromatic heterocycles. The van der Waals surface area contributed by atoms with Crippen LogP contribution >= 0.6 is 0 Å². The van der Waals surface area contributed by atoms with Crippen LogP contribution < -0.4 is 9.64 Å². The summed E-state index contributed by atoms with van der Waals surface area (Å²) in [6.07, 6.45) is 8.90. The molecular weight excluding hydrogens is 749 g/mol. The first-order valence-corrected chi connectivity index (χ1v) is 21.7. The number of likely N-dealkylation sites (N-methyl/N-ethyl adjacent to an activating group) is 1. The molecule has 1 spiro atoms. The fourth-order valence-corrected chi connectivity index (χ4v) is 14.6. The Morgan fingerprint density at radius 2 is 1.75 bits per heavy atom. The Balaban J connectivity index is 1.28. The van der Waals surface area contributed by atoms with E-state index in [1.807, 2.05) is 31.0 Å². The Labute approximate surface area is 346 Å². The largest absolute Gasteiger partial charge is 0.496 e. The highest BCUT2D eigenvalue weighted by Crippen LogP contribution is 2.68. The van der Waals surface area contributed by atoms with Crippen LogP contribution in [0.2, 0.25) is 0 Å². The fourth-order valence-electron chi connectivity index (χ4n) is 14.6. The summed E-state index contributed by atoms with van der Waals surface area (Å²) in [6.45, 7) is 7.65. The van der Waals surface area contributed by atoms with Gasteiger partial charge < -0.3 is 38.8 Å². The molecule has 5 aliphatic heterocycles. The second kappa shape index (κ2) is 13.6. The predicted octanol–water partition coefficient (Wildman–Crippen LogP) is 4.88. The molecular formula is C47H58N4O8. The summed E-state index contributed by atoms with van der Waals surface area (Å²) in [5.74, 6) is 0.0745. The number of benzene rings is 2. The van der Waals surface area contributed by atoms with Gasteiger partial charge in [0.15, 0.2) is 6.10 Å². The monoisotopic (exact) mass is 806 g/mol. The standard InChI is InChI=1S/C47H58N4O8/c1-7-44-17-11-19-51-21-18-45(39(44)51)33-22-34(37(56-4)23-36(33)49(3)40(45)47(55,43(54)58-6)41(44)59-27(2)52)46(42(53)57-5)24-29-26-50(25-28-12-10-14-30(28)29)20-16-32-31-13-8-9-15-35(31)48-38(32)46/h8-9,11,13,15,17,22-23,28-30,39-41,48,55H,7,10,12,14,16,18-21,24-26H2,1-6H3/t28-,29-,30-,39+,40?,41+,44+,45+,46-,47+/m0/s1. The van der Waals surface area contributed by atoms with Crippen molar-refractivity contribution in [3.63, 3.8) is 0 Å². The second-order valence-electron chi connectivity index (χ2n) is 18.7. The number of nitrogens with one attached hydrogen (secondary N) is 1. The molecule has 2 aromatic carbocycles. The number of hydrogen-bond acceptors (Lipinski definition) is 11. The zero-order valence-corrected chi connectivity index (χ0v) is 35.2. The molecule has 0 amide bonds. The van der Waals surface area contributed by atoms with E-state index >= 15 is 4.79 Å². The molecule has 12 nitrogen and oxygen atoms in total. The van der Waals surface area contributed by atoms with E-state index in [0.29, 0.717) is 49.9 Å². The van der Waals surface area contributed by atoms with E-state index in [1.54, 1.807) is 7.11 Å². The maximum atomic E-state index is 15.4. The average Bonchev–Trinajstić information content (AvgIpc) is 4.03. The van der Waals surface area contributed by atoms with Crippen molar-refractivity contribution in [3.05, 3.63) is 70.9 Å². The van der Waals surface area contributed by atoms with Crippen LogP contribution in [0, 0.1) is 23.2 Å². The zero-order valence-electron chi connectivity index (χ0n) is 35.2. The van der Waals surface area contributed by atoms with Crippen molar-refractivity contribution in [1.29, 1.82) is 0 Å². The van der Waals surface area contributed by atoms with Gasteiger partial charge in [-0.25, -0.2) is 4.79 Å². The molecule has 10 rings (SSSR count). The van der Waals surface area contributed by atoms with Gasteiger partial charge in [0.05, 0.1) is 27.4 Å². The molecule has 3 aromatic rings. The zero-order chi connectivity index (χ0) is 41.2. The van der Waals surface area contributed by atoms with Crippen molar-refractivity contribution in [2.45, 2.75) is 93.4 Å². The molecule has 2 aliphatic carbocycles. The second-order valence-corrected chi connectivity index (χ2v) is 18.7. The number of H-pyrrole nitrogens is 1. The third-order valence-corrected chi connectivity index (χ3v) is 16.5. The highest BCUT2D eigenvalue weighted by Gasteiger charge is 2.80. The van der Waals surface area contributed by atoms with Gasteiger partial charge in [0.25, 0.3) is 0 Å². The van der Waals surface area contributed by atoms with Crippen molar-refractivity contribution in [2.24, 2.45) is 23.2 Å². The minimum Gasteiger partial charge on any atom is -0.496 e. The Hall–Kier alpha value is -4.39. The summed E-state index contributed by atoms with van der Waals surface area (Å²) >= 11 is 0. The molecule has 12 heteroatoms. The van der Waals surface area contributed by atoms with E-state index in [1.165, 1.54) is 34.0 Å². The topological polar surface area (TPSA) is 134 Å². The summed E-state index contributed by atoms with van der Waals surface area (Å²) < 4.78 is 24.2. The van der Waals surface area contributed by atoms with Crippen LogP contribution in [0.3, 0.4) is 0 Å². The Morgan fingerprint density at radius 3 is 2.49 bits per heavy atom. The minimum atomic E-state index is -2.27. The van der Waals surface area contributed by atoms with Crippen LogP contribution in [-0.2, 0) is 45.8 Å². The van der Waals surface area contributed by atoms with E-state index in [4.69, 9.17) is 18.9 Å². The number of esters is 3. The lowest BCUT2D eigenvalue weighted by atomic mass is 9.47. The fraction of sp³-hybridized carbons (Fsp3) is 0.596. The van der Waals surface area contributed by atoms with Gasteiger partial charge in [-0.1, -0.05) is 43.7 Å². The number of piperidine rings is 1. The normalized spacial score (nSPS) is 37.9. The van der Waals surface area contributed by atoms with Gasteiger partial charge in [-0.05, 0) is 86.1 Å². The summed E-state index contributed by atoms with van der Waals surface area (Å²) in [5.41, 5.74) is 0.0488. The van der Waals surface area contributed by atoms with Gasteiger partial charge in [-0.3, -0.25) is 14.5 Å². The molecule has 0 radical (unpaired) electrons. The third kappa shape index (κ3) is 4.91. The Kier molecular flexibility index (Phi) is 8.91. The number of nitrogens with zero attached hydrogens (tertiary/aromatic N) is 3. The van der Waals surface area contributed by atoms with Crippen molar-refractivity contribution in [2.75, 3.05) is 66.0 Å². The van der Waals surface area contributed by atoms with Crippen molar-refractivity contribution in [1.82, 2.24) is 14.8 Å². The van der Waals surface area contributed by atoms with Gasteiger partial charge in [-0.15, -0.1) is 0 Å². The van der Waals surface area contributed by atoms with E-state index < -0.39 is 45.9 Å². The van der Waals surface area contributed by atoms with Crippen molar-refractivity contribution < 1.29 is 38.4 Å². The highest BCUT2D eigenvalue weighted by molar-refractivity contribution is 5.95. The van der Waals surface area contributed by atoms with E-state index in [9.17, 15) is 14.7 Å². The van der Waals surface area contributed by atoms with Gasteiger partial charge in [0, 0.05) is 90.9 Å². The maximum Gasteiger partial charge on any atom is 0.344 e. The van der Waals surface area contributed by atoms with Crippen LogP contribution in [0.4, 0.5) is 5.69 Å². The molecule has 2 unspecified atom stereocenters. The summed E-state index contributed by atoms with van der Waals surface area (Å²) in [6, 6.07) is 11.4. The lowest BCUT2D eigenvalue weighted by Gasteiger charge is -2.63. The van der Waals surface area contributed by atoms with Gasteiger partial charge in [0.2, 0.25) is 5.60 Å². The number of aromatic nitrogens is 1. The molecule has 59 heavy (non-hydrogen) atoms. The number of carbonyl (C=O) groups is 3. The van der Waals surface area contributed by atoms with Crippen LogP contribution in [0.15, 0.2) is 48.6 Å². The summed E-state index contributed by atoms with van der Waals surface area (Å²) in [7, 11) is 6.33. The number of ether oxygens (including phenoxy) is 4. The Bertz CT molecular complexity index is 2270. The smallest absolute Gasteiger partial charge is 0.344 e. The molecule has 6 heterocycles. The quantitative estimate of drug-likeness (QED) is 0.201. The number of methoxy groups -OCH3 is 3. The SMILES string of the molecule is CC[C@]12C=CCN3CC[C@@]4(c5cc([C@@]6(C(=O)OC)C[C@H]7CN(CCc8c6[nH]c6ccccc86)C[C@@H]6CCC[C@H]76)c(OC)cc5N(C)C4[C@](O)(C(=O)OC)[C@@H]1OC(C)=O)[C@H]32. The predicted molar refractivity (Wildman–Crippen MR) is 221 cm³/mol. The molecule has 4 fully saturated rings. The lowest BCUT2D eigenvalue weighted by Crippen LogP contribution is -2.81. The van der Waals surface area contributed by atoms with Crippen LogP contribution in [0.5, 0.6) is 5.75 Å². The van der Waals surface area contributed by atoms with Gasteiger partial charge in [-0.2, -0.15) is 0 Å². The molecule has 2 bridgehead atoms. The van der Waals surface area contributed by atoms with Gasteiger partial charge in [0.1, 0.15) is 11.2 Å². The van der Waals surface area contributed by atoms with Crippen molar-refractivity contribution >= 4 is 34.5 Å². The first-order valence-electron chi connectivity index (χ1n) is 21.7. The number of aromatic amines is 1. The van der Waals surface area contributed by atoms with Crippen LogP contribution in [0.25, 0.3) is 10.9 Å². The van der Waals surface area contributed by atoms with E-state index in [0.717, 1.165) is 71.5 Å². The molecule has 314 valence electrons. The van der Waals surface area contributed by atoms with Crippen molar-refractivity contribution in [3.8, 4) is 5.75 Å². The number of carbonyl (C=O) groups excluding carboxylic acids is 3. The average molecular weight is 807 g/mol. The number of rotatable bonds is 6. The highest BCUT2D eigenvalue weighted by atomic mass is 16.6. The Morgan fingerprint density at radius 1 is 0.966 bits per heavy atom. The number of anilines is 1. The number of para-hydroxylation sites is 1. The number of fused-ring (bicyclic) bond motifs is 8. The maximum absolute atomic E-state index is 15.4. The number of hydrogen-bond donors (Lipinski definition) is 2. The number of aliphatic hydroxyl groups is 1. The van der Waals surface area contributed by atoms with Crippen LogP contribution in [-0.4, -0.2) is 123 Å². The molecule has 11 atom stereocenters. The van der Waals surface area contributed by atoms with Gasteiger partial charge >= 0.3 is 17.9 Å². The first-order chi connectivity index (χ1) is 28.4. The van der Waals surface area contributed by atoms with E-state index in [2.05, 4.69) is 51.2 Å². The molecule has 2 N–H and O–H groups in total. The third-order valence-electron chi connectivity index (χ3n) is 16.5. The van der Waals surface area contributed by atoms with E-state index in [-0.39, 0.29) is 17.9 Å². The summed E-state index contributed by atoms with van der Waals surface area (Å²) in [4.78, 5) is 53.8. The molecule has 7 aliphatic rings. The van der Waals surface area contributed by atoms with Crippen LogP contribution in [0.1, 0.15) is 74.8 Å².